The molecule has 4 nitrogen and oxygen atoms in total. The summed E-state index contributed by atoms with van der Waals surface area (Å²) in [6, 6.07) is 0. The number of carbonyl (C=O) groups excluding carboxylic acids is 1. The Hall–Kier alpha value is 0.470. The average Bonchev–Trinajstić information content (AvgIpc) is 2.38. The maximum Gasteiger partial charge on any atom is 0.251 e. The molecule has 0 spiro atoms. The van der Waals surface area contributed by atoms with Crippen LogP contribution in [-0.2, 0) is 13.7 Å². The molecule has 1 rings (SSSR count). The maximum absolute atomic E-state index is 11.9. The standard InChI is InChI=1S/C11H20INO3S/c1-9(15-2)11(14)13-6-3-10(4-7-13)5-8-16-17-12/h9-10H,3-8H2,1-2H3/t9-/m0/s1. The van der Waals surface area contributed by atoms with Gasteiger partial charge in [-0.2, -0.15) is 0 Å². The predicted octanol–water partition coefficient (Wildman–Crippen LogP) is 2.66. The van der Waals surface area contributed by atoms with E-state index < -0.39 is 0 Å². The number of nitrogens with zero attached hydrogens (tertiary/aromatic N) is 1. The lowest BCUT2D eigenvalue weighted by Gasteiger charge is -2.33. The van der Waals surface area contributed by atoms with Crippen molar-refractivity contribution in [3.63, 3.8) is 0 Å². The highest BCUT2D eigenvalue weighted by Gasteiger charge is 2.25. The molecule has 0 bridgehead atoms. The first-order valence-corrected chi connectivity index (χ1v) is 9.19. The van der Waals surface area contributed by atoms with Crippen molar-refractivity contribution in [2.45, 2.75) is 32.3 Å². The van der Waals surface area contributed by atoms with Gasteiger partial charge in [-0.3, -0.25) is 4.79 Å². The Balaban J connectivity index is 2.23. The molecule has 1 aliphatic rings. The van der Waals surface area contributed by atoms with E-state index in [-0.39, 0.29) is 12.0 Å². The Morgan fingerprint density at radius 1 is 1.53 bits per heavy atom. The average molecular weight is 373 g/mol. The third kappa shape index (κ3) is 5.32. The van der Waals surface area contributed by atoms with Crippen molar-refractivity contribution >= 4 is 36.3 Å². The number of methoxy groups -OCH3 is 1. The lowest BCUT2D eigenvalue weighted by molar-refractivity contribution is -0.142. The van der Waals surface area contributed by atoms with Gasteiger partial charge in [0.15, 0.2) is 0 Å². The topological polar surface area (TPSA) is 38.8 Å². The van der Waals surface area contributed by atoms with Gasteiger partial charge in [-0.1, -0.05) is 0 Å². The number of carbonyl (C=O) groups is 1. The summed E-state index contributed by atoms with van der Waals surface area (Å²) in [6.45, 7) is 4.32. The molecule has 0 aromatic rings. The van der Waals surface area contributed by atoms with Crippen LogP contribution in [0.1, 0.15) is 26.2 Å². The molecule has 0 N–H and O–H groups in total. The Kier molecular flexibility index (Phi) is 7.81. The van der Waals surface area contributed by atoms with E-state index >= 15 is 0 Å². The zero-order chi connectivity index (χ0) is 12.7. The quantitative estimate of drug-likeness (QED) is 0.408. The normalized spacial score (nSPS) is 19.4. The number of ether oxygens (including phenoxy) is 1. The number of rotatable bonds is 6. The van der Waals surface area contributed by atoms with Gasteiger partial charge in [-0.15, -0.1) is 0 Å². The summed E-state index contributed by atoms with van der Waals surface area (Å²) in [7, 11) is 2.97. The fourth-order valence-corrected chi connectivity index (χ4v) is 2.74. The summed E-state index contributed by atoms with van der Waals surface area (Å²) in [5.41, 5.74) is 0. The van der Waals surface area contributed by atoms with Crippen LogP contribution < -0.4 is 0 Å². The Morgan fingerprint density at radius 3 is 2.71 bits per heavy atom. The highest BCUT2D eigenvalue weighted by atomic mass is 127. The van der Waals surface area contributed by atoms with Gasteiger partial charge in [0.25, 0.3) is 5.91 Å². The van der Waals surface area contributed by atoms with Crippen LogP contribution in [0, 0.1) is 5.92 Å². The molecule has 0 aliphatic carbocycles. The van der Waals surface area contributed by atoms with Crippen molar-refractivity contribution in [2.75, 3.05) is 26.8 Å². The molecule has 0 saturated carbocycles. The molecule has 6 heteroatoms. The molecule has 0 aromatic heterocycles. The van der Waals surface area contributed by atoms with Crippen molar-refractivity contribution in [3.8, 4) is 0 Å². The van der Waals surface area contributed by atoms with Crippen LogP contribution in [0.5, 0.6) is 0 Å². The van der Waals surface area contributed by atoms with Crippen LogP contribution in [0.2, 0.25) is 0 Å². The predicted molar refractivity (Wildman–Crippen MR) is 78.0 cm³/mol. The van der Waals surface area contributed by atoms with E-state index in [0.717, 1.165) is 39.0 Å². The van der Waals surface area contributed by atoms with Crippen LogP contribution in [0.4, 0.5) is 0 Å². The van der Waals surface area contributed by atoms with E-state index in [1.54, 1.807) is 14.0 Å². The summed E-state index contributed by atoms with van der Waals surface area (Å²) in [4.78, 5) is 13.8. The number of amides is 1. The number of hydrogen-bond donors (Lipinski definition) is 0. The van der Waals surface area contributed by atoms with Gasteiger partial charge in [0.05, 0.1) is 15.8 Å². The largest absolute Gasteiger partial charge is 0.372 e. The molecule has 0 radical (unpaired) electrons. The van der Waals surface area contributed by atoms with E-state index in [1.807, 2.05) is 4.90 Å². The summed E-state index contributed by atoms with van der Waals surface area (Å²) < 4.78 is 10.3. The summed E-state index contributed by atoms with van der Waals surface area (Å²) in [5.74, 6) is 0.811. The van der Waals surface area contributed by atoms with E-state index in [0.29, 0.717) is 5.92 Å². The minimum Gasteiger partial charge on any atom is -0.372 e. The molecule has 0 aromatic carbocycles. The summed E-state index contributed by atoms with van der Waals surface area (Å²) >= 11 is 2.13. The highest BCUT2D eigenvalue weighted by molar-refractivity contribution is 14.2. The number of hydrogen-bond acceptors (Lipinski definition) is 4. The first-order chi connectivity index (χ1) is 8.19. The Labute approximate surface area is 120 Å². The first-order valence-electron chi connectivity index (χ1n) is 5.90. The van der Waals surface area contributed by atoms with Gasteiger partial charge in [-0.25, -0.2) is 0 Å². The van der Waals surface area contributed by atoms with Crippen LogP contribution in [0.25, 0.3) is 0 Å². The second-order valence-corrected chi connectivity index (χ2v) is 5.76. The maximum atomic E-state index is 11.9. The number of likely N-dealkylation sites (tertiary alicyclic amines) is 1. The number of piperidine rings is 1. The second-order valence-electron chi connectivity index (χ2n) is 4.32. The number of halogens is 1. The first kappa shape index (κ1) is 15.5. The molecule has 1 heterocycles. The molecule has 1 aliphatic heterocycles. The molecule has 1 saturated heterocycles. The molecular formula is C11H20INO3S. The van der Waals surface area contributed by atoms with Crippen LogP contribution >= 0.6 is 30.4 Å². The molecule has 0 unspecified atom stereocenters. The molecule has 1 amide bonds. The van der Waals surface area contributed by atoms with Crippen molar-refractivity contribution in [1.29, 1.82) is 0 Å². The fraction of sp³-hybridized carbons (Fsp3) is 0.909. The third-order valence-corrected chi connectivity index (χ3v) is 4.30. The van der Waals surface area contributed by atoms with Crippen LogP contribution in [0.3, 0.4) is 0 Å². The van der Waals surface area contributed by atoms with Crippen molar-refractivity contribution in [3.05, 3.63) is 0 Å². The smallest absolute Gasteiger partial charge is 0.251 e. The second kappa shape index (κ2) is 8.55. The van der Waals surface area contributed by atoms with E-state index in [1.165, 1.54) is 9.21 Å². The fourth-order valence-electron chi connectivity index (χ4n) is 2.05. The molecular weight excluding hydrogens is 353 g/mol. The molecule has 100 valence electrons. The zero-order valence-corrected chi connectivity index (χ0v) is 13.3. The molecule has 1 atom stereocenters. The van der Waals surface area contributed by atoms with Gasteiger partial charge in [0, 0.05) is 41.4 Å². The van der Waals surface area contributed by atoms with Crippen molar-refractivity contribution in [1.82, 2.24) is 4.90 Å². The molecule has 17 heavy (non-hydrogen) atoms. The van der Waals surface area contributed by atoms with Gasteiger partial charge in [-0.05, 0) is 32.1 Å². The van der Waals surface area contributed by atoms with Gasteiger partial charge >= 0.3 is 0 Å². The van der Waals surface area contributed by atoms with Gasteiger partial charge < -0.3 is 13.8 Å². The minimum atomic E-state index is -0.315. The summed E-state index contributed by atoms with van der Waals surface area (Å²) in [6.07, 6.45) is 2.94. The van der Waals surface area contributed by atoms with Crippen molar-refractivity contribution in [2.24, 2.45) is 5.92 Å². The lowest BCUT2D eigenvalue weighted by Crippen LogP contribution is -2.43. The SMILES string of the molecule is CO[C@@H](C)C(=O)N1CCC(CCOSI)CC1. The van der Waals surface area contributed by atoms with E-state index in [4.69, 9.17) is 8.92 Å². The monoisotopic (exact) mass is 373 g/mol. The third-order valence-electron chi connectivity index (χ3n) is 3.28. The Morgan fingerprint density at radius 2 is 2.18 bits per heavy atom. The van der Waals surface area contributed by atoms with Gasteiger partial charge in [0.2, 0.25) is 0 Å². The van der Waals surface area contributed by atoms with Crippen LogP contribution in [0.15, 0.2) is 0 Å². The van der Waals surface area contributed by atoms with Crippen molar-refractivity contribution < 1.29 is 13.7 Å². The van der Waals surface area contributed by atoms with Crippen LogP contribution in [-0.4, -0.2) is 43.7 Å². The molecule has 1 fully saturated rings. The zero-order valence-electron chi connectivity index (χ0n) is 10.4. The minimum absolute atomic E-state index is 0.116. The highest BCUT2D eigenvalue weighted by Crippen LogP contribution is 2.22. The van der Waals surface area contributed by atoms with E-state index in [2.05, 4.69) is 21.2 Å². The summed E-state index contributed by atoms with van der Waals surface area (Å²) in [5, 5.41) is 0. The van der Waals surface area contributed by atoms with Gasteiger partial charge in [0.1, 0.15) is 6.10 Å². The lowest BCUT2D eigenvalue weighted by atomic mass is 9.94. The Bertz CT molecular complexity index is 235. The van der Waals surface area contributed by atoms with E-state index in [9.17, 15) is 4.79 Å².